The van der Waals surface area contributed by atoms with Gasteiger partial charge < -0.3 is 14.9 Å². The molecule has 0 aliphatic heterocycles. The van der Waals surface area contributed by atoms with Crippen molar-refractivity contribution in [3.05, 3.63) is 157 Å². The number of allylic oxidation sites excluding steroid dienone is 10. The minimum atomic E-state index is 0.462. The van der Waals surface area contributed by atoms with Crippen molar-refractivity contribution in [2.75, 3.05) is 5.73 Å². The number of nitrogens with two attached hydrogens (primary N) is 1. The average Bonchev–Trinajstić information content (AvgIpc) is 3.83. The third kappa shape index (κ3) is 5.57. The number of hydrogen-bond donors (Lipinski definition) is 1. The predicted octanol–water partition coefficient (Wildman–Crippen LogP) is 11.2. The number of nitrogen functional groups attached to an aromatic ring is 1. The Morgan fingerprint density at radius 3 is 2.50 bits per heavy atom. The van der Waals surface area contributed by atoms with E-state index in [9.17, 15) is 0 Å². The quantitative estimate of drug-likeness (QED) is 0.0758. The third-order valence-corrected chi connectivity index (χ3v) is 9.74. The Morgan fingerprint density at radius 2 is 1.66 bits per heavy atom. The summed E-state index contributed by atoms with van der Waals surface area (Å²) in [6.07, 6.45) is 23.5. The highest BCUT2D eigenvalue weighted by atomic mass is 15.1. The van der Waals surface area contributed by atoms with Crippen molar-refractivity contribution in [3.8, 4) is 11.1 Å². The maximum absolute atomic E-state index is 6.38. The number of nitrogens with zero attached hydrogens (tertiary/aromatic N) is 4. The van der Waals surface area contributed by atoms with Crippen LogP contribution in [0.2, 0.25) is 0 Å². The van der Waals surface area contributed by atoms with E-state index in [0.29, 0.717) is 23.8 Å². The molecule has 6 aromatic rings. The van der Waals surface area contributed by atoms with Gasteiger partial charge in [0.1, 0.15) is 5.84 Å². The second-order valence-corrected chi connectivity index (χ2v) is 12.7. The van der Waals surface area contributed by atoms with E-state index in [0.717, 1.165) is 30.3 Å². The Kier molecular flexibility index (Phi) is 8.31. The molecule has 50 heavy (non-hydrogen) atoms. The first kappa shape index (κ1) is 31.1. The Bertz CT molecular complexity index is 2510. The van der Waals surface area contributed by atoms with E-state index in [-0.39, 0.29) is 0 Å². The van der Waals surface area contributed by atoms with Crippen LogP contribution in [0.15, 0.2) is 156 Å². The molecule has 0 unspecified atom stereocenters. The van der Waals surface area contributed by atoms with Gasteiger partial charge in [-0.05, 0) is 90.9 Å². The van der Waals surface area contributed by atoms with Crippen molar-refractivity contribution >= 4 is 67.9 Å². The molecule has 0 fully saturated rings. The molecule has 0 spiro atoms. The van der Waals surface area contributed by atoms with Crippen molar-refractivity contribution in [1.29, 1.82) is 0 Å². The fourth-order valence-electron chi connectivity index (χ4n) is 7.45. The van der Waals surface area contributed by atoms with Crippen LogP contribution in [0.1, 0.15) is 31.0 Å². The van der Waals surface area contributed by atoms with E-state index in [2.05, 4.69) is 101 Å². The van der Waals surface area contributed by atoms with E-state index in [1.165, 1.54) is 55.2 Å². The molecule has 0 bridgehead atoms. The number of para-hydroxylation sites is 2. The largest absolute Gasteiger partial charge is 0.397 e. The van der Waals surface area contributed by atoms with Gasteiger partial charge in [-0.15, -0.1) is 0 Å². The van der Waals surface area contributed by atoms with Gasteiger partial charge in [0.15, 0.2) is 0 Å². The zero-order valence-electron chi connectivity index (χ0n) is 28.3. The Balaban J connectivity index is 1.41. The van der Waals surface area contributed by atoms with Crippen LogP contribution in [-0.4, -0.2) is 21.2 Å². The van der Waals surface area contributed by atoms with Crippen LogP contribution in [0.5, 0.6) is 0 Å². The van der Waals surface area contributed by atoms with Crippen LogP contribution in [0.4, 0.5) is 11.4 Å². The summed E-state index contributed by atoms with van der Waals surface area (Å²) in [5, 5.41) is 3.72. The first-order chi connectivity index (χ1) is 24.6. The lowest BCUT2D eigenvalue weighted by molar-refractivity contribution is 0.881. The van der Waals surface area contributed by atoms with Gasteiger partial charge in [0.25, 0.3) is 0 Å². The van der Waals surface area contributed by atoms with E-state index >= 15 is 0 Å². The molecule has 2 aliphatic carbocycles. The zero-order valence-corrected chi connectivity index (χ0v) is 28.3. The average molecular weight is 650 g/mol. The Morgan fingerprint density at radius 1 is 0.820 bits per heavy atom. The third-order valence-electron chi connectivity index (χ3n) is 9.74. The van der Waals surface area contributed by atoms with Gasteiger partial charge in [0, 0.05) is 39.8 Å². The van der Waals surface area contributed by atoms with Crippen LogP contribution < -0.4 is 5.73 Å². The van der Waals surface area contributed by atoms with Crippen molar-refractivity contribution in [2.45, 2.75) is 32.7 Å². The highest BCUT2D eigenvalue weighted by Gasteiger charge is 2.27. The summed E-state index contributed by atoms with van der Waals surface area (Å²) in [5.41, 5.74) is 19.2. The molecule has 0 saturated heterocycles. The molecule has 244 valence electrons. The number of amidine groups is 1. The molecule has 8 rings (SSSR count). The van der Waals surface area contributed by atoms with Crippen molar-refractivity contribution in [3.63, 3.8) is 0 Å². The zero-order chi connectivity index (χ0) is 34.0. The minimum absolute atomic E-state index is 0.462. The fourth-order valence-corrected chi connectivity index (χ4v) is 7.45. The van der Waals surface area contributed by atoms with Gasteiger partial charge >= 0.3 is 0 Å². The summed E-state index contributed by atoms with van der Waals surface area (Å²) in [5.74, 6) is 0.668. The second kappa shape index (κ2) is 13.4. The highest BCUT2D eigenvalue weighted by molar-refractivity contribution is 6.16. The first-order valence-electron chi connectivity index (χ1n) is 17.2. The smallest absolute Gasteiger partial charge is 0.148 e. The van der Waals surface area contributed by atoms with Gasteiger partial charge in [-0.25, -0.2) is 9.98 Å². The van der Waals surface area contributed by atoms with E-state index in [1.807, 2.05) is 61.6 Å². The number of anilines is 1. The topological polar surface area (TPSA) is 60.6 Å². The minimum Gasteiger partial charge on any atom is -0.397 e. The molecule has 2 heterocycles. The fraction of sp³-hybridized carbons (Fsp3) is 0.111. The maximum Gasteiger partial charge on any atom is 0.148 e. The summed E-state index contributed by atoms with van der Waals surface area (Å²) < 4.78 is 4.78. The summed E-state index contributed by atoms with van der Waals surface area (Å²) in [7, 11) is 0. The number of fused-ring (bicyclic) bond motifs is 7. The molecular weight excluding hydrogens is 611 g/mol. The van der Waals surface area contributed by atoms with Crippen LogP contribution in [-0.2, 0) is 13.0 Å². The van der Waals surface area contributed by atoms with Gasteiger partial charge in [0.2, 0.25) is 0 Å². The molecule has 0 amide bonds. The lowest BCUT2D eigenvalue weighted by Crippen LogP contribution is -2.08. The van der Waals surface area contributed by atoms with Crippen LogP contribution >= 0.6 is 0 Å². The standard InChI is InChI=1S/C45H39N5/c1-3-5-7-13-26-49-40-24-22-32-17-14-18-34(32)45(40)37-28-36-35-23-21-33(31-15-9-8-10-16-31)27-41(35)50(42(36)29-43(37)49)30-44(47-25-6-4-2)48-39-20-12-11-19-38(39)46/h3-17,19-21,23,25-29H,1,18,22,24,30,46H2,2H3/b6-4-,7-5-,26-13-,47-25?,48-44?. The van der Waals surface area contributed by atoms with Crippen LogP contribution in [0, 0.1) is 0 Å². The van der Waals surface area contributed by atoms with Crippen LogP contribution in [0.3, 0.4) is 0 Å². The summed E-state index contributed by atoms with van der Waals surface area (Å²) >= 11 is 0. The highest BCUT2D eigenvalue weighted by Crippen LogP contribution is 2.45. The van der Waals surface area contributed by atoms with Crippen molar-refractivity contribution < 1.29 is 0 Å². The van der Waals surface area contributed by atoms with Crippen molar-refractivity contribution in [1.82, 2.24) is 9.13 Å². The van der Waals surface area contributed by atoms with Crippen LogP contribution in [0.25, 0.3) is 55.6 Å². The molecule has 5 heteroatoms. The van der Waals surface area contributed by atoms with Gasteiger partial charge in [-0.2, -0.15) is 0 Å². The summed E-state index contributed by atoms with van der Waals surface area (Å²) in [6, 6.07) is 29.9. The molecule has 0 saturated carbocycles. The monoisotopic (exact) mass is 649 g/mol. The molecule has 5 nitrogen and oxygen atoms in total. The molecule has 2 aliphatic rings. The lowest BCUT2D eigenvalue weighted by atomic mass is 9.89. The Hall–Kier alpha value is -6.20. The maximum atomic E-state index is 6.38. The normalized spacial score (nSPS) is 14.9. The number of benzene rings is 4. The van der Waals surface area contributed by atoms with Gasteiger partial charge in [0.05, 0.1) is 34.5 Å². The predicted molar refractivity (Wildman–Crippen MR) is 215 cm³/mol. The first-order valence-corrected chi connectivity index (χ1v) is 17.2. The molecule has 2 aromatic heterocycles. The number of aliphatic imine (C=N–C) groups is 2. The molecule has 0 radical (unpaired) electrons. The van der Waals surface area contributed by atoms with Gasteiger partial charge in [-0.3, -0.25) is 0 Å². The van der Waals surface area contributed by atoms with E-state index < -0.39 is 0 Å². The SMILES string of the molecule is C=C/C=C\C=C/n1c2c(c3cc4c5ccc(-c6ccccc6)cc5n(CC(N=C/C=C\C)=Nc5ccccc5N)c4cc31)C1=C(C=CC1)CC2. The summed E-state index contributed by atoms with van der Waals surface area (Å²) in [4.78, 5) is 9.88. The number of aromatic nitrogens is 2. The molecule has 2 N–H and O–H groups in total. The van der Waals surface area contributed by atoms with Gasteiger partial charge in [-0.1, -0.05) is 97.6 Å². The molecular formula is C45H39N5. The van der Waals surface area contributed by atoms with Crippen molar-refractivity contribution in [2.24, 2.45) is 9.98 Å². The lowest BCUT2D eigenvalue weighted by Gasteiger charge is -2.17. The second-order valence-electron chi connectivity index (χ2n) is 12.7. The summed E-state index contributed by atoms with van der Waals surface area (Å²) in [6.45, 7) is 6.29. The van der Waals surface area contributed by atoms with E-state index in [1.54, 1.807) is 6.21 Å². The number of rotatable bonds is 8. The molecule has 4 aromatic carbocycles. The van der Waals surface area contributed by atoms with E-state index in [4.69, 9.17) is 15.7 Å². The Labute approximate surface area is 292 Å². The molecule has 0 atom stereocenters. The number of hydrogen-bond acceptors (Lipinski definition) is 2.